The molecule has 0 saturated carbocycles. The van der Waals surface area contributed by atoms with Gasteiger partial charge >= 0.3 is 0 Å². The Labute approximate surface area is 175 Å². The predicted octanol–water partition coefficient (Wildman–Crippen LogP) is 4.26. The Morgan fingerprint density at radius 1 is 1.11 bits per heavy atom. The molecule has 0 unspecified atom stereocenters. The topological polar surface area (TPSA) is 58.6 Å². The summed E-state index contributed by atoms with van der Waals surface area (Å²) < 4.78 is 6.35. The number of likely N-dealkylation sites (N-methyl/N-ethyl adjacent to an activating group) is 1. The summed E-state index contributed by atoms with van der Waals surface area (Å²) in [5, 5.41) is 2.88. The van der Waals surface area contributed by atoms with Crippen molar-refractivity contribution in [1.82, 2.24) is 10.2 Å². The van der Waals surface area contributed by atoms with Crippen molar-refractivity contribution < 1.29 is 14.3 Å². The molecule has 2 amide bonds. The Morgan fingerprint density at radius 2 is 1.75 bits per heavy atom. The molecule has 2 rings (SSSR count). The first-order chi connectivity index (χ1) is 13.3. The van der Waals surface area contributed by atoms with E-state index in [0.29, 0.717) is 24.5 Å². The van der Waals surface area contributed by atoms with E-state index in [0.717, 1.165) is 10.0 Å². The number of carbonyl (C=O) groups excluding carboxylic acids is 2. The van der Waals surface area contributed by atoms with Crippen LogP contribution in [0.25, 0.3) is 0 Å². The molecule has 0 radical (unpaired) electrons. The van der Waals surface area contributed by atoms with Crippen molar-refractivity contribution in [3.63, 3.8) is 0 Å². The zero-order valence-electron chi connectivity index (χ0n) is 16.7. The van der Waals surface area contributed by atoms with Gasteiger partial charge in [0.2, 0.25) is 5.91 Å². The summed E-state index contributed by atoms with van der Waals surface area (Å²) in [6, 6.07) is 14.1. The normalized spacial score (nSPS) is 11.8. The van der Waals surface area contributed by atoms with Crippen LogP contribution in [0.15, 0.2) is 53.0 Å². The van der Waals surface area contributed by atoms with Gasteiger partial charge in [-0.2, -0.15) is 0 Å². The van der Waals surface area contributed by atoms with E-state index in [1.54, 1.807) is 36.2 Å². The molecule has 0 bridgehead atoms. The van der Waals surface area contributed by atoms with Crippen molar-refractivity contribution in [3.05, 3.63) is 64.1 Å². The lowest BCUT2D eigenvalue weighted by Crippen LogP contribution is -2.50. The zero-order valence-corrected chi connectivity index (χ0v) is 18.3. The molecule has 1 atom stereocenters. The molecular formula is C22H27BrN2O3. The summed E-state index contributed by atoms with van der Waals surface area (Å²) in [6.45, 7) is 6.78. The van der Waals surface area contributed by atoms with Crippen molar-refractivity contribution in [2.75, 3.05) is 13.7 Å². The van der Waals surface area contributed by atoms with Gasteiger partial charge in [-0.1, -0.05) is 48.0 Å². The molecule has 0 aliphatic heterocycles. The Hall–Kier alpha value is -2.34. The number of hydrogen-bond donors (Lipinski definition) is 1. The van der Waals surface area contributed by atoms with Crippen molar-refractivity contribution in [1.29, 1.82) is 0 Å². The summed E-state index contributed by atoms with van der Waals surface area (Å²) in [7, 11) is 1.75. The maximum absolute atomic E-state index is 13.0. The second-order valence-electron chi connectivity index (χ2n) is 6.94. The standard InChI is InChI=1S/C22H27BrN2O3/c1-5-28-18-12-10-16(11-13-18)21(26)24-20(15(2)3)22(27)25(4)14-17-8-6-7-9-19(17)23/h6-13,15,20H,5,14H2,1-4H3,(H,24,26)/t20-/m0/s1. The monoisotopic (exact) mass is 446 g/mol. The zero-order chi connectivity index (χ0) is 20.7. The van der Waals surface area contributed by atoms with Crippen molar-refractivity contribution in [2.24, 2.45) is 5.92 Å². The van der Waals surface area contributed by atoms with Crippen LogP contribution in [0.4, 0.5) is 0 Å². The number of ether oxygens (including phenoxy) is 1. The third-order valence-corrected chi connectivity index (χ3v) is 5.16. The van der Waals surface area contributed by atoms with Gasteiger partial charge in [0.1, 0.15) is 11.8 Å². The molecule has 6 heteroatoms. The first-order valence-corrected chi connectivity index (χ1v) is 10.1. The van der Waals surface area contributed by atoms with Gasteiger partial charge in [0.15, 0.2) is 0 Å². The van der Waals surface area contributed by atoms with Crippen LogP contribution in [0, 0.1) is 5.92 Å². The van der Waals surface area contributed by atoms with Crippen molar-refractivity contribution in [2.45, 2.75) is 33.4 Å². The number of nitrogens with zero attached hydrogens (tertiary/aromatic N) is 1. The van der Waals surface area contributed by atoms with Gasteiger partial charge in [-0.15, -0.1) is 0 Å². The van der Waals surface area contributed by atoms with E-state index in [1.165, 1.54) is 0 Å². The molecule has 28 heavy (non-hydrogen) atoms. The van der Waals surface area contributed by atoms with E-state index < -0.39 is 6.04 Å². The van der Waals surface area contributed by atoms with Gasteiger partial charge in [-0.05, 0) is 48.7 Å². The van der Waals surface area contributed by atoms with Gasteiger partial charge in [0.25, 0.3) is 5.91 Å². The van der Waals surface area contributed by atoms with Gasteiger partial charge in [0, 0.05) is 23.6 Å². The number of hydrogen-bond acceptors (Lipinski definition) is 3. The first kappa shape index (κ1) is 22.0. The Balaban J connectivity index is 2.07. The molecule has 5 nitrogen and oxygen atoms in total. The highest BCUT2D eigenvalue weighted by atomic mass is 79.9. The molecule has 2 aromatic rings. The number of nitrogens with one attached hydrogen (secondary N) is 1. The number of rotatable bonds is 8. The van der Waals surface area contributed by atoms with E-state index >= 15 is 0 Å². The molecule has 0 saturated heterocycles. The Bertz CT molecular complexity index is 806. The number of benzene rings is 2. The fourth-order valence-electron chi connectivity index (χ4n) is 2.80. The Kier molecular flexibility index (Phi) is 8.05. The predicted molar refractivity (Wildman–Crippen MR) is 114 cm³/mol. The minimum atomic E-state index is -0.605. The highest BCUT2D eigenvalue weighted by Gasteiger charge is 2.27. The van der Waals surface area contributed by atoms with E-state index in [1.807, 2.05) is 45.0 Å². The van der Waals surface area contributed by atoms with Crippen LogP contribution in [-0.2, 0) is 11.3 Å². The fraction of sp³-hybridized carbons (Fsp3) is 0.364. The molecule has 2 aromatic carbocycles. The smallest absolute Gasteiger partial charge is 0.251 e. The minimum absolute atomic E-state index is 0.0409. The van der Waals surface area contributed by atoms with E-state index in [4.69, 9.17) is 4.74 Å². The van der Waals surface area contributed by atoms with Crippen LogP contribution in [0.3, 0.4) is 0 Å². The Morgan fingerprint density at radius 3 is 2.32 bits per heavy atom. The van der Waals surface area contributed by atoms with Crippen LogP contribution < -0.4 is 10.1 Å². The average molecular weight is 447 g/mol. The molecule has 0 heterocycles. The first-order valence-electron chi connectivity index (χ1n) is 9.35. The van der Waals surface area contributed by atoms with Gasteiger partial charge in [-0.3, -0.25) is 9.59 Å². The second-order valence-corrected chi connectivity index (χ2v) is 7.79. The lowest BCUT2D eigenvalue weighted by Gasteiger charge is -2.27. The third-order valence-electron chi connectivity index (χ3n) is 4.39. The SMILES string of the molecule is CCOc1ccc(C(=O)N[C@H](C(=O)N(C)Cc2ccccc2Br)C(C)C)cc1. The minimum Gasteiger partial charge on any atom is -0.494 e. The highest BCUT2D eigenvalue weighted by Crippen LogP contribution is 2.18. The second kappa shape index (κ2) is 10.3. The molecular weight excluding hydrogens is 420 g/mol. The van der Waals surface area contributed by atoms with E-state index in [2.05, 4.69) is 21.2 Å². The quantitative estimate of drug-likeness (QED) is 0.658. The summed E-state index contributed by atoms with van der Waals surface area (Å²) >= 11 is 3.51. The maximum Gasteiger partial charge on any atom is 0.251 e. The van der Waals surface area contributed by atoms with Gasteiger partial charge < -0.3 is 15.0 Å². The van der Waals surface area contributed by atoms with Crippen LogP contribution in [-0.4, -0.2) is 36.4 Å². The molecule has 0 aromatic heterocycles. The number of amides is 2. The van der Waals surface area contributed by atoms with Crippen LogP contribution >= 0.6 is 15.9 Å². The highest BCUT2D eigenvalue weighted by molar-refractivity contribution is 9.10. The van der Waals surface area contributed by atoms with Crippen LogP contribution in [0.5, 0.6) is 5.75 Å². The molecule has 0 spiro atoms. The molecule has 1 N–H and O–H groups in total. The molecule has 0 aliphatic rings. The van der Waals surface area contributed by atoms with Crippen LogP contribution in [0.2, 0.25) is 0 Å². The van der Waals surface area contributed by atoms with Crippen molar-refractivity contribution in [3.8, 4) is 5.75 Å². The lowest BCUT2D eigenvalue weighted by atomic mass is 10.0. The third kappa shape index (κ3) is 5.83. The average Bonchev–Trinajstić information content (AvgIpc) is 2.67. The van der Waals surface area contributed by atoms with E-state index in [9.17, 15) is 9.59 Å². The summed E-state index contributed by atoms with van der Waals surface area (Å²) in [6.07, 6.45) is 0. The summed E-state index contributed by atoms with van der Waals surface area (Å²) in [5.74, 6) is 0.277. The van der Waals surface area contributed by atoms with Gasteiger partial charge in [-0.25, -0.2) is 0 Å². The van der Waals surface area contributed by atoms with Crippen molar-refractivity contribution >= 4 is 27.7 Å². The fourth-order valence-corrected chi connectivity index (χ4v) is 3.21. The number of halogens is 1. The summed E-state index contributed by atoms with van der Waals surface area (Å²) in [5.41, 5.74) is 1.51. The van der Waals surface area contributed by atoms with Crippen LogP contribution in [0.1, 0.15) is 36.7 Å². The largest absolute Gasteiger partial charge is 0.494 e. The van der Waals surface area contributed by atoms with E-state index in [-0.39, 0.29) is 17.7 Å². The molecule has 0 fully saturated rings. The lowest BCUT2D eigenvalue weighted by molar-refractivity contribution is -0.133. The summed E-state index contributed by atoms with van der Waals surface area (Å²) in [4.78, 5) is 27.3. The molecule has 0 aliphatic carbocycles. The number of carbonyl (C=O) groups is 2. The molecule has 150 valence electrons. The maximum atomic E-state index is 13.0. The van der Waals surface area contributed by atoms with Gasteiger partial charge in [0.05, 0.1) is 6.61 Å².